The first-order valence-electron chi connectivity index (χ1n) is 6.36. The number of benzene rings is 1. The predicted octanol–water partition coefficient (Wildman–Crippen LogP) is 4.32. The minimum atomic E-state index is -0.632. The Morgan fingerprint density at radius 2 is 1.94 bits per heavy atom. The van der Waals surface area contributed by atoms with Crippen molar-refractivity contribution in [2.75, 3.05) is 0 Å². The van der Waals surface area contributed by atoms with Gasteiger partial charge in [0, 0.05) is 0 Å². The second-order valence-electron chi connectivity index (χ2n) is 5.13. The van der Waals surface area contributed by atoms with E-state index in [1.807, 2.05) is 38.1 Å². The highest BCUT2D eigenvalue weighted by atomic mass is 16.6. The van der Waals surface area contributed by atoms with E-state index < -0.39 is 5.60 Å². The average molecular weight is 246 g/mol. The summed E-state index contributed by atoms with van der Waals surface area (Å²) in [6.07, 6.45) is 2.71. The number of esters is 1. The second kappa shape index (κ2) is 5.85. The zero-order chi connectivity index (χ0) is 13.8. The lowest BCUT2D eigenvalue weighted by Crippen LogP contribution is -2.25. The van der Waals surface area contributed by atoms with Gasteiger partial charge in [-0.2, -0.15) is 0 Å². The molecule has 0 amide bonds. The average Bonchev–Trinajstić information content (AvgIpc) is 2.37. The summed E-state index contributed by atoms with van der Waals surface area (Å²) >= 11 is 0. The minimum absolute atomic E-state index is 0.310. The molecule has 2 nitrogen and oxygen atoms in total. The Balaban J connectivity index is 2.79. The molecule has 0 aromatic heterocycles. The lowest BCUT2D eigenvalue weighted by Gasteiger charge is -2.20. The molecule has 1 unspecified atom stereocenters. The summed E-state index contributed by atoms with van der Waals surface area (Å²) in [6, 6.07) is 7.63. The molecule has 0 bridgehead atoms. The molecule has 98 valence electrons. The van der Waals surface area contributed by atoms with E-state index in [1.165, 1.54) is 5.56 Å². The SMILES string of the molecule is C=CC(C)(C)OC(=O)c1ccc(C(C)CC)cc1. The van der Waals surface area contributed by atoms with Crippen molar-refractivity contribution >= 4 is 5.97 Å². The van der Waals surface area contributed by atoms with Crippen molar-refractivity contribution in [2.45, 2.75) is 45.6 Å². The van der Waals surface area contributed by atoms with Gasteiger partial charge in [0.15, 0.2) is 0 Å². The number of rotatable bonds is 5. The van der Waals surface area contributed by atoms with E-state index >= 15 is 0 Å². The molecule has 0 radical (unpaired) electrons. The zero-order valence-electron chi connectivity index (χ0n) is 11.7. The van der Waals surface area contributed by atoms with E-state index in [1.54, 1.807) is 6.08 Å². The van der Waals surface area contributed by atoms with E-state index in [4.69, 9.17) is 4.74 Å². The normalized spacial score (nSPS) is 12.9. The third-order valence-corrected chi connectivity index (χ3v) is 3.18. The summed E-state index contributed by atoms with van der Waals surface area (Å²) in [5.74, 6) is 0.204. The lowest BCUT2D eigenvalue weighted by molar-refractivity contribution is 0.0174. The van der Waals surface area contributed by atoms with Crippen LogP contribution in [0.15, 0.2) is 36.9 Å². The van der Waals surface area contributed by atoms with E-state index in [-0.39, 0.29) is 5.97 Å². The van der Waals surface area contributed by atoms with E-state index in [2.05, 4.69) is 20.4 Å². The molecule has 0 heterocycles. The fraction of sp³-hybridized carbons (Fsp3) is 0.438. The highest BCUT2D eigenvalue weighted by molar-refractivity contribution is 5.89. The highest BCUT2D eigenvalue weighted by Crippen LogP contribution is 2.20. The molecule has 18 heavy (non-hydrogen) atoms. The van der Waals surface area contributed by atoms with Gasteiger partial charge in [-0.25, -0.2) is 4.79 Å². The molecule has 0 fully saturated rings. The van der Waals surface area contributed by atoms with Crippen molar-refractivity contribution in [3.63, 3.8) is 0 Å². The summed E-state index contributed by atoms with van der Waals surface area (Å²) in [7, 11) is 0. The van der Waals surface area contributed by atoms with Crippen LogP contribution in [0.1, 0.15) is 56.0 Å². The zero-order valence-corrected chi connectivity index (χ0v) is 11.7. The van der Waals surface area contributed by atoms with E-state index in [0.717, 1.165) is 6.42 Å². The number of hydrogen-bond acceptors (Lipinski definition) is 2. The van der Waals surface area contributed by atoms with Gasteiger partial charge < -0.3 is 4.74 Å². The number of carbonyl (C=O) groups excluding carboxylic acids is 1. The van der Waals surface area contributed by atoms with Crippen LogP contribution in [0.5, 0.6) is 0 Å². The van der Waals surface area contributed by atoms with Gasteiger partial charge in [0.2, 0.25) is 0 Å². The van der Waals surface area contributed by atoms with Crippen LogP contribution in [0.4, 0.5) is 0 Å². The van der Waals surface area contributed by atoms with E-state index in [0.29, 0.717) is 11.5 Å². The van der Waals surface area contributed by atoms with Crippen LogP contribution in [-0.2, 0) is 4.74 Å². The molecule has 1 rings (SSSR count). The third kappa shape index (κ3) is 3.73. The summed E-state index contributed by atoms with van der Waals surface area (Å²) in [5, 5.41) is 0. The fourth-order valence-electron chi connectivity index (χ4n) is 1.52. The van der Waals surface area contributed by atoms with Crippen LogP contribution < -0.4 is 0 Å². The van der Waals surface area contributed by atoms with Crippen LogP contribution >= 0.6 is 0 Å². The lowest BCUT2D eigenvalue weighted by atomic mass is 9.98. The van der Waals surface area contributed by atoms with Gasteiger partial charge in [0.1, 0.15) is 5.60 Å². The Morgan fingerprint density at radius 1 is 1.39 bits per heavy atom. The molecule has 0 aliphatic heterocycles. The molecule has 0 spiro atoms. The van der Waals surface area contributed by atoms with Crippen LogP contribution in [0.3, 0.4) is 0 Å². The first kappa shape index (κ1) is 14.5. The Kier molecular flexibility index (Phi) is 4.71. The van der Waals surface area contributed by atoms with Gasteiger partial charge >= 0.3 is 5.97 Å². The van der Waals surface area contributed by atoms with Gasteiger partial charge in [-0.1, -0.05) is 32.6 Å². The maximum Gasteiger partial charge on any atom is 0.338 e. The van der Waals surface area contributed by atoms with Crippen molar-refractivity contribution in [3.05, 3.63) is 48.0 Å². The monoisotopic (exact) mass is 246 g/mol. The van der Waals surface area contributed by atoms with Gasteiger partial charge in [-0.15, -0.1) is 0 Å². The van der Waals surface area contributed by atoms with Gasteiger partial charge in [-0.05, 0) is 50.0 Å². The standard InChI is InChI=1S/C16H22O2/c1-6-12(3)13-8-10-14(11-9-13)15(17)18-16(4,5)7-2/h7-12H,2,6H2,1,3-5H3. The molecule has 0 saturated heterocycles. The molecular weight excluding hydrogens is 224 g/mol. The molecule has 0 saturated carbocycles. The van der Waals surface area contributed by atoms with Crippen molar-refractivity contribution in [1.29, 1.82) is 0 Å². The van der Waals surface area contributed by atoms with Crippen molar-refractivity contribution in [3.8, 4) is 0 Å². The molecule has 2 heteroatoms. The predicted molar refractivity (Wildman–Crippen MR) is 74.8 cm³/mol. The molecule has 1 atom stereocenters. The van der Waals surface area contributed by atoms with Gasteiger partial charge in [0.25, 0.3) is 0 Å². The maximum absolute atomic E-state index is 11.9. The first-order chi connectivity index (χ1) is 8.39. The smallest absolute Gasteiger partial charge is 0.338 e. The van der Waals surface area contributed by atoms with Crippen LogP contribution in [-0.4, -0.2) is 11.6 Å². The van der Waals surface area contributed by atoms with Crippen LogP contribution in [0, 0.1) is 0 Å². The Hall–Kier alpha value is -1.57. The summed E-state index contributed by atoms with van der Waals surface area (Å²) in [4.78, 5) is 11.9. The molecule has 1 aromatic rings. The number of hydrogen-bond donors (Lipinski definition) is 0. The van der Waals surface area contributed by atoms with Crippen molar-refractivity contribution < 1.29 is 9.53 Å². The molecule has 1 aromatic carbocycles. The Bertz CT molecular complexity index is 415. The maximum atomic E-state index is 11.9. The molecule has 0 N–H and O–H groups in total. The minimum Gasteiger partial charge on any atom is -0.452 e. The number of carbonyl (C=O) groups is 1. The topological polar surface area (TPSA) is 26.3 Å². The molecule has 0 aliphatic carbocycles. The quantitative estimate of drug-likeness (QED) is 0.571. The summed E-state index contributed by atoms with van der Waals surface area (Å²) in [5.41, 5.74) is 1.20. The van der Waals surface area contributed by atoms with Crippen molar-refractivity contribution in [2.24, 2.45) is 0 Å². The second-order valence-corrected chi connectivity index (χ2v) is 5.13. The van der Waals surface area contributed by atoms with Gasteiger partial charge in [-0.3, -0.25) is 0 Å². The van der Waals surface area contributed by atoms with Crippen LogP contribution in [0.2, 0.25) is 0 Å². The molecular formula is C16H22O2. The summed E-state index contributed by atoms with van der Waals surface area (Å²) < 4.78 is 5.34. The summed E-state index contributed by atoms with van der Waals surface area (Å²) in [6.45, 7) is 11.6. The number of ether oxygens (including phenoxy) is 1. The Labute approximate surface area is 110 Å². The van der Waals surface area contributed by atoms with Crippen molar-refractivity contribution in [1.82, 2.24) is 0 Å². The highest BCUT2D eigenvalue weighted by Gasteiger charge is 2.19. The van der Waals surface area contributed by atoms with E-state index in [9.17, 15) is 4.79 Å². The van der Waals surface area contributed by atoms with Crippen LogP contribution in [0.25, 0.3) is 0 Å². The fourth-order valence-corrected chi connectivity index (χ4v) is 1.52. The molecule has 0 aliphatic rings. The largest absolute Gasteiger partial charge is 0.452 e. The first-order valence-corrected chi connectivity index (χ1v) is 6.36. The third-order valence-electron chi connectivity index (χ3n) is 3.18. The van der Waals surface area contributed by atoms with Gasteiger partial charge in [0.05, 0.1) is 5.56 Å². The Morgan fingerprint density at radius 3 is 2.39 bits per heavy atom.